The van der Waals surface area contributed by atoms with Gasteiger partial charge >= 0.3 is 29.6 Å². The average Bonchev–Trinajstić information content (AvgIpc) is 1.35. The van der Waals surface area contributed by atoms with Crippen LogP contribution in [0.2, 0.25) is 0 Å². The van der Waals surface area contributed by atoms with E-state index in [9.17, 15) is 5.11 Å². The molecule has 0 aromatic carbocycles. The van der Waals surface area contributed by atoms with E-state index in [2.05, 4.69) is 0 Å². The van der Waals surface area contributed by atoms with Crippen molar-refractivity contribution in [1.82, 2.24) is 0 Å². The summed E-state index contributed by atoms with van der Waals surface area (Å²) in [6, 6.07) is 0. The van der Waals surface area contributed by atoms with Crippen LogP contribution in [0.3, 0.4) is 0 Å². The van der Waals surface area contributed by atoms with E-state index >= 15 is 0 Å². The maximum Gasteiger partial charge on any atom is 1.00 e. The Balaban J connectivity index is 0. The van der Waals surface area contributed by atoms with Crippen molar-refractivity contribution >= 4 is 0 Å². The molecule has 1 atom stereocenters. The Kier molecular flexibility index (Phi) is 10.8. The fourth-order valence-electron chi connectivity index (χ4n) is 0.407. The second kappa shape index (κ2) is 6.96. The Morgan fingerprint density at radius 3 is 2.00 bits per heavy atom. The van der Waals surface area contributed by atoms with Crippen molar-refractivity contribution in [2.24, 2.45) is 0 Å². The third kappa shape index (κ3) is 10.9. The average molecular weight is 110 g/mol. The molecule has 0 rings (SSSR count). The van der Waals surface area contributed by atoms with Crippen LogP contribution in [-0.4, -0.2) is 6.10 Å². The van der Waals surface area contributed by atoms with Gasteiger partial charge in [0, 0.05) is 0 Å². The maximum absolute atomic E-state index is 10.1. The van der Waals surface area contributed by atoms with E-state index in [0.29, 0.717) is 0 Å². The first kappa shape index (κ1) is 10.9. The summed E-state index contributed by atoms with van der Waals surface area (Å²) >= 11 is 0. The minimum Gasteiger partial charge on any atom is -0.852 e. The summed E-state index contributed by atoms with van der Waals surface area (Å²) < 4.78 is 0. The molecule has 0 radical (unpaired) electrons. The Bertz CT molecular complexity index is 29.3. The molecule has 2 heteroatoms. The summed E-state index contributed by atoms with van der Waals surface area (Å²) in [6.45, 7) is 3.72. The molecule has 0 aromatic rings. The molecule has 0 saturated heterocycles. The summed E-state index contributed by atoms with van der Waals surface area (Å²) in [5.41, 5.74) is 0. The summed E-state index contributed by atoms with van der Waals surface area (Å²) in [6.07, 6.45) is 1.49. The molecule has 0 aliphatic carbocycles. The summed E-state index contributed by atoms with van der Waals surface area (Å²) in [4.78, 5) is 0. The van der Waals surface area contributed by atoms with Crippen molar-refractivity contribution in [3.8, 4) is 0 Å². The van der Waals surface area contributed by atoms with Crippen LogP contribution in [0.1, 0.15) is 26.7 Å². The summed E-state index contributed by atoms with van der Waals surface area (Å²) in [7, 11) is 0. The van der Waals surface area contributed by atoms with E-state index < -0.39 is 0 Å². The molecule has 1 nitrogen and oxygen atoms in total. The number of hydrogen-bond donors (Lipinski definition) is 0. The smallest absolute Gasteiger partial charge is 0.852 e. The maximum atomic E-state index is 10.1. The van der Waals surface area contributed by atoms with Crippen molar-refractivity contribution in [2.75, 3.05) is 0 Å². The first-order valence-corrected chi connectivity index (χ1v) is 2.43. The van der Waals surface area contributed by atoms with Crippen LogP contribution in [0.25, 0.3) is 0 Å². The van der Waals surface area contributed by atoms with Crippen molar-refractivity contribution in [3.05, 3.63) is 0 Å². The zero-order valence-corrected chi connectivity index (χ0v) is 7.40. The molecule has 0 heterocycles. The molecular formula is C5H11NaO. The fourth-order valence-corrected chi connectivity index (χ4v) is 0.407. The van der Waals surface area contributed by atoms with Crippen LogP contribution in [0.5, 0.6) is 0 Å². The van der Waals surface area contributed by atoms with E-state index in [0.717, 1.165) is 12.8 Å². The predicted molar refractivity (Wildman–Crippen MR) is 24.4 cm³/mol. The molecule has 0 aliphatic rings. The second-order valence-corrected chi connectivity index (χ2v) is 1.60. The molecule has 0 N–H and O–H groups in total. The molecule has 0 saturated carbocycles. The Morgan fingerprint density at radius 1 is 1.57 bits per heavy atom. The molecule has 0 fully saturated rings. The van der Waals surface area contributed by atoms with Gasteiger partial charge in [-0.1, -0.05) is 26.7 Å². The molecule has 0 spiro atoms. The summed E-state index contributed by atoms with van der Waals surface area (Å²) in [5, 5.41) is 10.1. The van der Waals surface area contributed by atoms with E-state index in [1.807, 2.05) is 6.92 Å². The normalized spacial score (nSPS) is 12.4. The van der Waals surface area contributed by atoms with Crippen LogP contribution in [0.4, 0.5) is 0 Å². The first-order valence-electron chi connectivity index (χ1n) is 2.43. The van der Waals surface area contributed by atoms with E-state index in [1.54, 1.807) is 6.92 Å². The number of rotatable bonds is 2. The van der Waals surface area contributed by atoms with Crippen LogP contribution in [-0.2, 0) is 0 Å². The van der Waals surface area contributed by atoms with Crippen LogP contribution in [0, 0.1) is 0 Å². The molecule has 0 aliphatic heterocycles. The van der Waals surface area contributed by atoms with Crippen molar-refractivity contribution in [3.63, 3.8) is 0 Å². The van der Waals surface area contributed by atoms with Crippen LogP contribution < -0.4 is 34.7 Å². The summed E-state index contributed by atoms with van der Waals surface area (Å²) in [5.74, 6) is 0. The van der Waals surface area contributed by atoms with E-state index in [1.165, 1.54) is 0 Å². The molecule has 0 aromatic heterocycles. The molecule has 0 amide bonds. The van der Waals surface area contributed by atoms with E-state index in [4.69, 9.17) is 0 Å². The first-order chi connectivity index (χ1) is 2.77. The van der Waals surface area contributed by atoms with Gasteiger partial charge in [0.15, 0.2) is 0 Å². The Labute approximate surface area is 67.4 Å². The second-order valence-electron chi connectivity index (χ2n) is 1.60. The zero-order chi connectivity index (χ0) is 4.99. The standard InChI is InChI=1S/C5H11O.Na/c1-3-4-5(2)6;/h5H,3-4H2,1-2H3;/q-1;+1/t5-;/m1./s1. The Hall–Kier alpha value is 0.960. The van der Waals surface area contributed by atoms with Crippen molar-refractivity contribution in [2.45, 2.75) is 32.8 Å². The molecule has 0 unspecified atom stereocenters. The largest absolute Gasteiger partial charge is 1.00 e. The van der Waals surface area contributed by atoms with Gasteiger partial charge in [0.1, 0.15) is 0 Å². The van der Waals surface area contributed by atoms with Gasteiger partial charge in [0.2, 0.25) is 0 Å². The minimum absolute atomic E-state index is 0. The van der Waals surface area contributed by atoms with Gasteiger partial charge in [0.05, 0.1) is 0 Å². The minimum atomic E-state index is -0.352. The molecule has 38 valence electrons. The molecular weight excluding hydrogens is 99.0 g/mol. The van der Waals surface area contributed by atoms with E-state index in [-0.39, 0.29) is 35.7 Å². The fraction of sp³-hybridized carbons (Fsp3) is 1.00. The third-order valence-corrected chi connectivity index (χ3v) is 0.695. The monoisotopic (exact) mass is 110 g/mol. The van der Waals surface area contributed by atoms with Gasteiger partial charge in [-0.3, -0.25) is 0 Å². The quantitative estimate of drug-likeness (QED) is 0.361. The molecule has 7 heavy (non-hydrogen) atoms. The topological polar surface area (TPSA) is 23.1 Å². The van der Waals surface area contributed by atoms with Crippen LogP contribution >= 0.6 is 0 Å². The van der Waals surface area contributed by atoms with Gasteiger partial charge in [-0.25, -0.2) is 0 Å². The Morgan fingerprint density at radius 2 is 2.00 bits per heavy atom. The van der Waals surface area contributed by atoms with Crippen molar-refractivity contribution in [1.29, 1.82) is 0 Å². The van der Waals surface area contributed by atoms with Gasteiger partial charge in [0.25, 0.3) is 0 Å². The number of hydrogen-bond acceptors (Lipinski definition) is 1. The van der Waals surface area contributed by atoms with Gasteiger partial charge in [-0.05, 0) is 0 Å². The SMILES string of the molecule is CCC[C@@H](C)[O-].[Na+]. The van der Waals surface area contributed by atoms with Crippen LogP contribution in [0.15, 0.2) is 0 Å². The molecule has 0 bridgehead atoms. The van der Waals surface area contributed by atoms with Gasteiger partial charge < -0.3 is 5.11 Å². The van der Waals surface area contributed by atoms with Crippen molar-refractivity contribution < 1.29 is 34.7 Å². The third-order valence-electron chi connectivity index (χ3n) is 0.695. The van der Waals surface area contributed by atoms with Gasteiger partial charge in [-0.15, -0.1) is 6.10 Å². The predicted octanol–water partition coefficient (Wildman–Crippen LogP) is -2.46. The van der Waals surface area contributed by atoms with Gasteiger partial charge in [-0.2, -0.15) is 0 Å². The zero-order valence-electron chi connectivity index (χ0n) is 5.40.